The van der Waals surface area contributed by atoms with Crippen LogP contribution in [0.5, 0.6) is 0 Å². The fraction of sp³-hybridized carbons (Fsp3) is 1.00. The van der Waals surface area contributed by atoms with Crippen molar-refractivity contribution < 1.29 is 24.8 Å². The number of methoxy groups -OCH3 is 1. The molecule has 0 bridgehead atoms. The highest BCUT2D eigenvalue weighted by molar-refractivity contribution is 4.91. The highest BCUT2D eigenvalue weighted by Gasteiger charge is 2.42. The first kappa shape index (κ1) is 12.9. The summed E-state index contributed by atoms with van der Waals surface area (Å²) < 4.78 is 10.4. The lowest BCUT2D eigenvalue weighted by Crippen LogP contribution is -2.56. The van der Waals surface area contributed by atoms with Gasteiger partial charge in [-0.15, -0.1) is 0 Å². The van der Waals surface area contributed by atoms with Crippen molar-refractivity contribution in [1.29, 1.82) is 0 Å². The van der Waals surface area contributed by atoms with Crippen molar-refractivity contribution in [2.75, 3.05) is 20.3 Å². The summed E-state index contributed by atoms with van der Waals surface area (Å²) >= 11 is 0. The first-order valence-corrected chi connectivity index (χ1v) is 5.27. The third kappa shape index (κ3) is 2.68. The van der Waals surface area contributed by atoms with Gasteiger partial charge in [-0.3, -0.25) is 0 Å². The molecule has 0 saturated carbocycles. The zero-order valence-corrected chi connectivity index (χ0v) is 9.17. The molecule has 0 aromatic rings. The van der Waals surface area contributed by atoms with Gasteiger partial charge in [-0.1, -0.05) is 6.92 Å². The summed E-state index contributed by atoms with van der Waals surface area (Å²) in [6.07, 6.45) is -2.14. The van der Waals surface area contributed by atoms with E-state index in [9.17, 15) is 10.2 Å². The molecule has 1 fully saturated rings. The maximum Gasteiger partial charge on any atom is 0.110 e. The number of aliphatic hydroxyl groups excluding tert-OH is 3. The van der Waals surface area contributed by atoms with Gasteiger partial charge in [0.25, 0.3) is 0 Å². The molecule has 0 aliphatic carbocycles. The highest BCUT2D eigenvalue weighted by atomic mass is 16.6. The Morgan fingerprint density at radius 3 is 2.33 bits per heavy atom. The van der Waals surface area contributed by atoms with Crippen LogP contribution in [0.4, 0.5) is 0 Å². The molecule has 1 aliphatic rings. The van der Waals surface area contributed by atoms with E-state index in [1.807, 2.05) is 6.92 Å². The topological polar surface area (TPSA) is 79.2 Å². The summed E-state index contributed by atoms with van der Waals surface area (Å²) in [4.78, 5) is 0. The van der Waals surface area contributed by atoms with Gasteiger partial charge >= 0.3 is 0 Å². The van der Waals surface area contributed by atoms with Crippen molar-refractivity contribution in [1.82, 2.24) is 0 Å². The summed E-state index contributed by atoms with van der Waals surface area (Å²) in [6, 6.07) is 0. The summed E-state index contributed by atoms with van der Waals surface area (Å²) in [5, 5.41) is 28.7. The minimum absolute atomic E-state index is 0.150. The molecule has 15 heavy (non-hydrogen) atoms. The molecule has 0 spiro atoms. The largest absolute Gasteiger partial charge is 0.394 e. The third-order valence-corrected chi connectivity index (χ3v) is 2.98. The first-order valence-electron chi connectivity index (χ1n) is 5.27. The second-order valence-electron chi connectivity index (χ2n) is 3.90. The molecule has 3 N–H and O–H groups in total. The van der Waals surface area contributed by atoms with Crippen molar-refractivity contribution in [3.63, 3.8) is 0 Å². The molecule has 0 aromatic heterocycles. The molecular weight excluding hydrogens is 200 g/mol. The fourth-order valence-electron chi connectivity index (χ4n) is 2.08. The average molecular weight is 220 g/mol. The smallest absolute Gasteiger partial charge is 0.110 e. The molecule has 4 unspecified atom stereocenters. The Balaban J connectivity index is 2.68. The number of ether oxygens (including phenoxy) is 2. The Morgan fingerprint density at radius 1 is 1.20 bits per heavy atom. The Bertz CT molecular complexity index is 183. The van der Waals surface area contributed by atoms with Crippen LogP contribution in [0.25, 0.3) is 0 Å². The second-order valence-corrected chi connectivity index (χ2v) is 3.90. The fourth-order valence-corrected chi connectivity index (χ4v) is 2.08. The molecule has 1 saturated heterocycles. The summed E-state index contributed by atoms with van der Waals surface area (Å²) in [7, 11) is 1.50. The van der Waals surface area contributed by atoms with Crippen molar-refractivity contribution in [2.24, 2.45) is 5.92 Å². The van der Waals surface area contributed by atoms with Gasteiger partial charge < -0.3 is 24.8 Å². The molecule has 0 aromatic carbocycles. The monoisotopic (exact) mass is 220 g/mol. The van der Waals surface area contributed by atoms with Crippen LogP contribution in [0.2, 0.25) is 0 Å². The van der Waals surface area contributed by atoms with Gasteiger partial charge in [0.05, 0.1) is 25.4 Å². The van der Waals surface area contributed by atoms with Crippen LogP contribution in [0.15, 0.2) is 0 Å². The van der Waals surface area contributed by atoms with E-state index < -0.39 is 24.4 Å². The first-order chi connectivity index (χ1) is 7.15. The van der Waals surface area contributed by atoms with Gasteiger partial charge in [-0.05, 0) is 6.42 Å². The number of hydrogen-bond acceptors (Lipinski definition) is 5. The zero-order valence-electron chi connectivity index (χ0n) is 9.17. The molecule has 5 nitrogen and oxygen atoms in total. The Hall–Kier alpha value is -0.200. The van der Waals surface area contributed by atoms with Crippen LogP contribution in [-0.2, 0) is 9.47 Å². The van der Waals surface area contributed by atoms with Crippen molar-refractivity contribution >= 4 is 0 Å². The Kier molecular flexibility index (Phi) is 4.95. The molecule has 1 rings (SSSR count). The van der Waals surface area contributed by atoms with E-state index >= 15 is 0 Å². The zero-order chi connectivity index (χ0) is 11.4. The molecule has 1 aliphatic heterocycles. The van der Waals surface area contributed by atoms with Crippen molar-refractivity contribution in [3.05, 3.63) is 0 Å². The van der Waals surface area contributed by atoms with Gasteiger partial charge in [0.2, 0.25) is 0 Å². The van der Waals surface area contributed by atoms with Gasteiger partial charge in [-0.25, -0.2) is 0 Å². The van der Waals surface area contributed by atoms with Crippen LogP contribution in [-0.4, -0.2) is 60.1 Å². The van der Waals surface area contributed by atoms with Crippen LogP contribution >= 0.6 is 0 Å². The summed E-state index contributed by atoms with van der Waals surface area (Å²) in [5.41, 5.74) is 0. The Labute approximate surface area is 89.6 Å². The molecular formula is C10H20O5. The third-order valence-electron chi connectivity index (χ3n) is 2.98. The van der Waals surface area contributed by atoms with Gasteiger partial charge in [0, 0.05) is 13.0 Å². The number of rotatable bonds is 4. The van der Waals surface area contributed by atoms with E-state index in [1.165, 1.54) is 7.11 Å². The van der Waals surface area contributed by atoms with Crippen LogP contribution in [0, 0.1) is 5.92 Å². The quantitative estimate of drug-likeness (QED) is 0.574. The van der Waals surface area contributed by atoms with E-state index in [4.69, 9.17) is 14.6 Å². The van der Waals surface area contributed by atoms with Crippen LogP contribution in [0.3, 0.4) is 0 Å². The lowest BCUT2D eigenvalue weighted by atomic mass is 9.85. The normalized spacial score (nSPS) is 41.8. The van der Waals surface area contributed by atoms with Crippen molar-refractivity contribution in [2.45, 2.75) is 37.8 Å². The average Bonchev–Trinajstić information content (AvgIpc) is 2.24. The Morgan fingerprint density at radius 2 is 1.87 bits per heavy atom. The molecule has 0 amide bonds. The molecule has 5 heteroatoms. The maximum absolute atomic E-state index is 9.84. The standard InChI is InChI=1S/C10H20O5/c1-3-6-7(4-11)15-8(5-14-2)10(13)9(6)12/h6-13H,3-5H2,1-2H3/t6-,7?,8?,9?,10?/m0/s1. The van der Waals surface area contributed by atoms with E-state index in [0.29, 0.717) is 6.42 Å². The van der Waals surface area contributed by atoms with Crippen LogP contribution in [0.1, 0.15) is 13.3 Å². The highest BCUT2D eigenvalue weighted by Crippen LogP contribution is 2.28. The lowest BCUT2D eigenvalue weighted by molar-refractivity contribution is -0.218. The van der Waals surface area contributed by atoms with E-state index in [0.717, 1.165) is 0 Å². The summed E-state index contributed by atoms with van der Waals surface area (Å²) in [6.45, 7) is 1.96. The van der Waals surface area contributed by atoms with E-state index in [-0.39, 0.29) is 19.1 Å². The number of hydrogen-bond donors (Lipinski definition) is 3. The number of aliphatic hydroxyl groups is 3. The van der Waals surface area contributed by atoms with Gasteiger partial charge in [0.1, 0.15) is 12.2 Å². The molecule has 5 atom stereocenters. The van der Waals surface area contributed by atoms with Gasteiger partial charge in [0.15, 0.2) is 0 Å². The van der Waals surface area contributed by atoms with Crippen LogP contribution < -0.4 is 0 Å². The van der Waals surface area contributed by atoms with Gasteiger partial charge in [-0.2, -0.15) is 0 Å². The van der Waals surface area contributed by atoms with Crippen molar-refractivity contribution in [3.8, 4) is 0 Å². The van der Waals surface area contributed by atoms with E-state index in [2.05, 4.69) is 0 Å². The molecule has 1 heterocycles. The SMILES string of the molecule is CC[C@H]1C(CO)OC(COC)C(O)C1O. The predicted molar refractivity (Wildman–Crippen MR) is 53.4 cm³/mol. The minimum Gasteiger partial charge on any atom is -0.394 e. The maximum atomic E-state index is 9.84. The summed E-state index contributed by atoms with van der Waals surface area (Å²) in [5.74, 6) is -0.224. The van der Waals surface area contributed by atoms with E-state index in [1.54, 1.807) is 0 Å². The molecule has 90 valence electrons. The minimum atomic E-state index is -0.947. The lowest BCUT2D eigenvalue weighted by Gasteiger charge is -2.42. The second kappa shape index (κ2) is 5.77. The predicted octanol–water partition coefficient (Wildman–Crippen LogP) is -0.860. The molecule has 0 radical (unpaired) electrons.